The Bertz CT molecular complexity index is 458. The van der Waals surface area contributed by atoms with E-state index in [9.17, 15) is 9.59 Å². The van der Waals surface area contributed by atoms with Gasteiger partial charge in [-0.05, 0) is 31.4 Å². The Kier molecular flexibility index (Phi) is 6.56. The molecule has 0 saturated heterocycles. The molecule has 0 aromatic heterocycles. The van der Waals surface area contributed by atoms with E-state index in [1.54, 1.807) is 31.2 Å². The number of ether oxygens (including phenoxy) is 1. The predicted octanol–water partition coefficient (Wildman–Crippen LogP) is 3.03. The number of carbonyl (C=O) groups is 2. The summed E-state index contributed by atoms with van der Waals surface area (Å²) in [6.07, 6.45) is 0.910. The molecule has 0 unspecified atom stereocenters. The molecule has 20 heavy (non-hydrogen) atoms. The highest BCUT2D eigenvalue weighted by Crippen LogP contribution is 2.16. The summed E-state index contributed by atoms with van der Waals surface area (Å²) in [4.78, 5) is 23.5. The van der Waals surface area contributed by atoms with Crippen LogP contribution < -0.4 is 10.6 Å². The molecule has 0 heterocycles. The topological polar surface area (TPSA) is 67.4 Å². The van der Waals surface area contributed by atoms with Gasteiger partial charge in [0.05, 0.1) is 17.9 Å². The maximum atomic E-state index is 11.8. The second kappa shape index (κ2) is 8.19. The molecule has 5 nitrogen and oxygen atoms in total. The molecular formula is C15H22N2O3. The van der Waals surface area contributed by atoms with Crippen LogP contribution in [0.1, 0.15) is 37.6 Å². The van der Waals surface area contributed by atoms with Gasteiger partial charge in [-0.1, -0.05) is 26.0 Å². The van der Waals surface area contributed by atoms with E-state index in [4.69, 9.17) is 4.74 Å². The summed E-state index contributed by atoms with van der Waals surface area (Å²) in [6, 6.07) is 6.47. The quantitative estimate of drug-likeness (QED) is 0.786. The van der Waals surface area contributed by atoms with Crippen LogP contribution in [-0.4, -0.2) is 25.2 Å². The fourth-order valence-corrected chi connectivity index (χ4v) is 1.62. The van der Waals surface area contributed by atoms with Gasteiger partial charge in [-0.3, -0.25) is 0 Å². The molecule has 1 rings (SSSR count). The van der Waals surface area contributed by atoms with Crippen molar-refractivity contribution in [2.75, 3.05) is 18.5 Å². The largest absolute Gasteiger partial charge is 0.462 e. The molecule has 0 bridgehead atoms. The average Bonchev–Trinajstić information content (AvgIpc) is 2.39. The standard InChI is InChI=1S/C15H22N2O3/c1-4-20-14(18)12-7-5-6-8-13(12)17-15(19)16-10-9-11(2)3/h5-8,11H,4,9-10H2,1-3H3,(H2,16,17,19). The molecule has 0 aliphatic heterocycles. The molecule has 0 radical (unpaired) electrons. The Morgan fingerprint density at radius 3 is 2.60 bits per heavy atom. The fraction of sp³-hybridized carbons (Fsp3) is 0.467. The number of nitrogens with one attached hydrogen (secondary N) is 2. The number of urea groups is 1. The van der Waals surface area contributed by atoms with Gasteiger partial charge in [0.25, 0.3) is 0 Å². The van der Waals surface area contributed by atoms with Crippen molar-refractivity contribution in [3.63, 3.8) is 0 Å². The molecule has 0 aliphatic carbocycles. The van der Waals surface area contributed by atoms with Crippen molar-refractivity contribution in [2.45, 2.75) is 27.2 Å². The summed E-state index contributed by atoms with van der Waals surface area (Å²) in [6.45, 7) is 6.83. The first-order chi connectivity index (χ1) is 9.54. The summed E-state index contributed by atoms with van der Waals surface area (Å²) in [7, 11) is 0. The fourth-order valence-electron chi connectivity index (χ4n) is 1.62. The normalized spacial score (nSPS) is 10.2. The van der Waals surface area contributed by atoms with Crippen LogP contribution in [0.25, 0.3) is 0 Å². The van der Waals surface area contributed by atoms with Crippen LogP contribution in [0.15, 0.2) is 24.3 Å². The van der Waals surface area contributed by atoms with E-state index in [1.165, 1.54) is 0 Å². The zero-order chi connectivity index (χ0) is 15.0. The van der Waals surface area contributed by atoms with Crippen molar-refractivity contribution >= 4 is 17.7 Å². The number of esters is 1. The van der Waals surface area contributed by atoms with Crippen molar-refractivity contribution in [1.29, 1.82) is 0 Å². The van der Waals surface area contributed by atoms with E-state index in [0.29, 0.717) is 30.3 Å². The molecule has 5 heteroatoms. The highest BCUT2D eigenvalue weighted by atomic mass is 16.5. The monoisotopic (exact) mass is 278 g/mol. The van der Waals surface area contributed by atoms with Gasteiger partial charge in [0, 0.05) is 6.54 Å². The first-order valence-electron chi connectivity index (χ1n) is 6.85. The molecule has 0 spiro atoms. The summed E-state index contributed by atoms with van der Waals surface area (Å²) in [5.74, 6) is 0.0905. The van der Waals surface area contributed by atoms with Gasteiger partial charge in [-0.2, -0.15) is 0 Å². The third kappa shape index (κ3) is 5.30. The highest BCUT2D eigenvalue weighted by molar-refractivity contribution is 6.00. The average molecular weight is 278 g/mol. The maximum Gasteiger partial charge on any atom is 0.340 e. The Balaban J connectivity index is 2.63. The molecule has 0 aliphatic rings. The van der Waals surface area contributed by atoms with Gasteiger partial charge in [0.15, 0.2) is 0 Å². The Labute approximate surface area is 119 Å². The first-order valence-corrected chi connectivity index (χ1v) is 6.85. The number of anilines is 1. The third-order valence-corrected chi connectivity index (χ3v) is 2.68. The van der Waals surface area contributed by atoms with Gasteiger partial charge >= 0.3 is 12.0 Å². The van der Waals surface area contributed by atoms with E-state index in [0.717, 1.165) is 6.42 Å². The maximum absolute atomic E-state index is 11.8. The highest BCUT2D eigenvalue weighted by Gasteiger charge is 2.13. The zero-order valence-electron chi connectivity index (χ0n) is 12.2. The van der Waals surface area contributed by atoms with E-state index >= 15 is 0 Å². The van der Waals surface area contributed by atoms with Crippen molar-refractivity contribution in [1.82, 2.24) is 5.32 Å². The minimum Gasteiger partial charge on any atom is -0.462 e. The minimum atomic E-state index is -0.439. The number of amides is 2. The van der Waals surface area contributed by atoms with Crippen LogP contribution in [0.2, 0.25) is 0 Å². The molecule has 0 fully saturated rings. The Morgan fingerprint density at radius 2 is 1.95 bits per heavy atom. The van der Waals surface area contributed by atoms with E-state index < -0.39 is 5.97 Å². The van der Waals surface area contributed by atoms with Gasteiger partial charge in [-0.25, -0.2) is 9.59 Å². The smallest absolute Gasteiger partial charge is 0.340 e. The van der Waals surface area contributed by atoms with Crippen molar-refractivity contribution in [3.05, 3.63) is 29.8 Å². The third-order valence-electron chi connectivity index (χ3n) is 2.68. The number of hydrogen-bond acceptors (Lipinski definition) is 3. The molecule has 0 saturated carbocycles. The van der Waals surface area contributed by atoms with Crippen LogP contribution in [0.3, 0.4) is 0 Å². The van der Waals surface area contributed by atoms with Gasteiger partial charge in [0.2, 0.25) is 0 Å². The van der Waals surface area contributed by atoms with Crippen molar-refractivity contribution in [3.8, 4) is 0 Å². The van der Waals surface area contributed by atoms with E-state index in [2.05, 4.69) is 24.5 Å². The number of carbonyl (C=O) groups excluding carboxylic acids is 2. The van der Waals surface area contributed by atoms with Crippen LogP contribution in [0.4, 0.5) is 10.5 Å². The van der Waals surface area contributed by atoms with Gasteiger partial charge in [0.1, 0.15) is 0 Å². The van der Waals surface area contributed by atoms with E-state index in [1.807, 2.05) is 0 Å². The molecule has 110 valence electrons. The second-order valence-electron chi connectivity index (χ2n) is 4.83. The van der Waals surface area contributed by atoms with E-state index in [-0.39, 0.29) is 6.03 Å². The number of benzene rings is 1. The molecule has 0 atom stereocenters. The number of para-hydroxylation sites is 1. The van der Waals surface area contributed by atoms with Crippen molar-refractivity contribution < 1.29 is 14.3 Å². The molecule has 2 amide bonds. The lowest BCUT2D eigenvalue weighted by molar-refractivity contribution is 0.0527. The summed E-state index contributed by atoms with van der Waals surface area (Å²) < 4.78 is 4.95. The molecule has 2 N–H and O–H groups in total. The van der Waals surface area contributed by atoms with Crippen LogP contribution in [0, 0.1) is 5.92 Å². The van der Waals surface area contributed by atoms with Gasteiger partial charge in [-0.15, -0.1) is 0 Å². The molecule has 1 aromatic rings. The minimum absolute atomic E-state index is 0.299. The summed E-state index contributed by atoms with van der Waals surface area (Å²) in [5.41, 5.74) is 0.807. The van der Waals surface area contributed by atoms with Crippen LogP contribution in [0.5, 0.6) is 0 Å². The lowest BCUT2D eigenvalue weighted by atomic mass is 10.1. The summed E-state index contributed by atoms with van der Waals surface area (Å²) >= 11 is 0. The van der Waals surface area contributed by atoms with Crippen molar-refractivity contribution in [2.24, 2.45) is 5.92 Å². The Morgan fingerprint density at radius 1 is 1.25 bits per heavy atom. The second-order valence-corrected chi connectivity index (χ2v) is 4.83. The predicted molar refractivity (Wildman–Crippen MR) is 78.9 cm³/mol. The lowest BCUT2D eigenvalue weighted by Gasteiger charge is -2.11. The van der Waals surface area contributed by atoms with Crippen LogP contribution >= 0.6 is 0 Å². The van der Waals surface area contributed by atoms with Gasteiger partial charge < -0.3 is 15.4 Å². The first kappa shape index (κ1) is 16.0. The lowest BCUT2D eigenvalue weighted by Crippen LogP contribution is -2.30. The Hall–Kier alpha value is -2.04. The number of rotatable bonds is 6. The van der Waals surface area contributed by atoms with Crippen LogP contribution in [-0.2, 0) is 4.74 Å². The number of hydrogen-bond donors (Lipinski definition) is 2. The molecular weight excluding hydrogens is 256 g/mol. The zero-order valence-corrected chi connectivity index (χ0v) is 12.2. The summed E-state index contributed by atoms with van der Waals surface area (Å²) in [5, 5.41) is 5.43. The SMILES string of the molecule is CCOC(=O)c1ccccc1NC(=O)NCCC(C)C. The molecule has 1 aromatic carbocycles.